The number of nitrogens with one attached hydrogen (secondary N) is 1. The summed E-state index contributed by atoms with van der Waals surface area (Å²) in [7, 11) is 1.87. The van der Waals surface area contributed by atoms with Gasteiger partial charge in [-0.25, -0.2) is 4.79 Å². The predicted molar refractivity (Wildman–Crippen MR) is 85.6 cm³/mol. The lowest BCUT2D eigenvalue weighted by Gasteiger charge is -2.28. The first kappa shape index (κ1) is 16.4. The van der Waals surface area contributed by atoms with Gasteiger partial charge in [0.05, 0.1) is 18.5 Å². The zero-order valence-corrected chi connectivity index (χ0v) is 13.9. The van der Waals surface area contributed by atoms with Crippen LogP contribution in [-0.4, -0.2) is 39.9 Å². The number of rotatable bonds is 6. The highest BCUT2D eigenvalue weighted by atomic mass is 32.2. The number of esters is 1. The molecule has 0 aliphatic heterocycles. The van der Waals surface area contributed by atoms with Crippen LogP contribution in [0.15, 0.2) is 6.20 Å². The Morgan fingerprint density at radius 1 is 1.57 bits per heavy atom. The Morgan fingerprint density at radius 2 is 2.38 bits per heavy atom. The molecule has 0 bridgehead atoms. The average molecular weight is 311 g/mol. The number of carbonyl (C=O) groups excluding carboxylic acids is 1. The Labute approximate surface area is 130 Å². The lowest BCUT2D eigenvalue weighted by molar-refractivity contribution is 0.0524. The van der Waals surface area contributed by atoms with E-state index in [4.69, 9.17) is 4.74 Å². The summed E-state index contributed by atoms with van der Waals surface area (Å²) >= 11 is 1.96. The third-order valence-corrected chi connectivity index (χ3v) is 5.17. The van der Waals surface area contributed by atoms with E-state index in [9.17, 15) is 4.79 Å². The van der Waals surface area contributed by atoms with E-state index < -0.39 is 0 Å². The van der Waals surface area contributed by atoms with E-state index in [1.54, 1.807) is 10.9 Å². The van der Waals surface area contributed by atoms with Gasteiger partial charge in [0, 0.05) is 24.9 Å². The molecule has 1 aliphatic carbocycles. The largest absolute Gasteiger partial charge is 0.462 e. The van der Waals surface area contributed by atoms with Crippen molar-refractivity contribution in [2.24, 2.45) is 7.05 Å². The van der Waals surface area contributed by atoms with Crippen LogP contribution in [-0.2, 0) is 18.3 Å². The van der Waals surface area contributed by atoms with Crippen molar-refractivity contribution >= 4 is 17.7 Å². The van der Waals surface area contributed by atoms with Gasteiger partial charge in [0.1, 0.15) is 5.56 Å². The number of aryl methyl sites for hydroxylation is 1. The lowest BCUT2D eigenvalue weighted by Crippen LogP contribution is -2.35. The number of nitrogens with zero attached hydrogens (tertiary/aromatic N) is 2. The molecule has 21 heavy (non-hydrogen) atoms. The van der Waals surface area contributed by atoms with Crippen molar-refractivity contribution in [2.45, 2.75) is 50.4 Å². The monoisotopic (exact) mass is 311 g/mol. The van der Waals surface area contributed by atoms with Gasteiger partial charge in [-0.2, -0.15) is 16.9 Å². The first-order valence-electron chi connectivity index (χ1n) is 7.59. The van der Waals surface area contributed by atoms with Gasteiger partial charge in [-0.15, -0.1) is 0 Å². The maximum absolute atomic E-state index is 11.9. The molecular weight excluding hydrogens is 286 g/mol. The van der Waals surface area contributed by atoms with Crippen molar-refractivity contribution in [2.75, 3.05) is 12.9 Å². The molecule has 2 unspecified atom stereocenters. The van der Waals surface area contributed by atoms with Crippen LogP contribution >= 0.6 is 11.8 Å². The molecule has 1 N–H and O–H groups in total. The van der Waals surface area contributed by atoms with Gasteiger partial charge in [0.2, 0.25) is 0 Å². The molecule has 0 saturated heterocycles. The highest BCUT2D eigenvalue weighted by molar-refractivity contribution is 7.99. The minimum atomic E-state index is -0.284. The Morgan fingerprint density at radius 3 is 3.10 bits per heavy atom. The average Bonchev–Trinajstić information content (AvgIpc) is 2.86. The molecular formula is C15H25N3O2S. The molecule has 5 nitrogen and oxygen atoms in total. The van der Waals surface area contributed by atoms with Crippen molar-refractivity contribution < 1.29 is 9.53 Å². The Balaban J connectivity index is 1.96. The quantitative estimate of drug-likeness (QED) is 0.817. The summed E-state index contributed by atoms with van der Waals surface area (Å²) in [4.78, 5) is 11.9. The highest BCUT2D eigenvalue weighted by Gasteiger charge is 2.22. The Bertz CT molecular complexity index is 475. The SMILES string of the molecule is CCOC(=O)c1cnn(C)c1CNC1CCCC(SC)C1. The van der Waals surface area contributed by atoms with E-state index >= 15 is 0 Å². The Kier molecular flexibility index (Phi) is 6.11. The molecule has 1 aliphatic rings. The van der Waals surface area contributed by atoms with Crippen LogP contribution in [0.2, 0.25) is 0 Å². The van der Waals surface area contributed by atoms with Crippen LogP contribution in [0, 0.1) is 0 Å². The maximum atomic E-state index is 11.9. The number of ether oxygens (including phenoxy) is 1. The fourth-order valence-electron chi connectivity index (χ4n) is 2.84. The molecule has 0 spiro atoms. The minimum absolute atomic E-state index is 0.284. The third kappa shape index (κ3) is 4.23. The van der Waals surface area contributed by atoms with Crippen LogP contribution in [0.5, 0.6) is 0 Å². The molecule has 118 valence electrons. The van der Waals surface area contributed by atoms with E-state index in [0.29, 0.717) is 24.8 Å². The molecule has 6 heteroatoms. The standard InChI is InChI=1S/C15H25N3O2S/c1-4-20-15(19)13-9-17-18(2)14(13)10-16-11-6-5-7-12(8-11)21-3/h9,11-12,16H,4-8,10H2,1-3H3. The summed E-state index contributed by atoms with van der Waals surface area (Å²) in [5, 5.41) is 8.53. The van der Waals surface area contributed by atoms with E-state index in [1.165, 1.54) is 25.7 Å². The van der Waals surface area contributed by atoms with Crippen LogP contribution in [0.1, 0.15) is 48.7 Å². The second kappa shape index (κ2) is 7.84. The summed E-state index contributed by atoms with van der Waals surface area (Å²) in [6.07, 6.45) is 8.80. The highest BCUT2D eigenvalue weighted by Crippen LogP contribution is 2.27. The second-order valence-corrected chi connectivity index (χ2v) is 6.59. The molecule has 2 rings (SSSR count). The first-order valence-corrected chi connectivity index (χ1v) is 8.88. The fourth-order valence-corrected chi connectivity index (χ4v) is 3.66. The number of thioether (sulfide) groups is 1. The molecule has 1 aromatic heterocycles. The second-order valence-electron chi connectivity index (χ2n) is 5.45. The molecule has 1 heterocycles. The lowest BCUT2D eigenvalue weighted by atomic mass is 9.95. The summed E-state index contributed by atoms with van der Waals surface area (Å²) in [5.74, 6) is -0.284. The first-order chi connectivity index (χ1) is 10.2. The number of carbonyl (C=O) groups is 1. The fraction of sp³-hybridized carbons (Fsp3) is 0.733. The number of hydrogen-bond acceptors (Lipinski definition) is 5. The van der Waals surface area contributed by atoms with Crippen molar-refractivity contribution in [3.05, 3.63) is 17.5 Å². The maximum Gasteiger partial charge on any atom is 0.341 e. The molecule has 1 aromatic rings. The van der Waals surface area contributed by atoms with Crippen molar-refractivity contribution in [1.82, 2.24) is 15.1 Å². The van der Waals surface area contributed by atoms with Gasteiger partial charge in [0.15, 0.2) is 0 Å². The van der Waals surface area contributed by atoms with Gasteiger partial charge >= 0.3 is 5.97 Å². The van der Waals surface area contributed by atoms with E-state index in [2.05, 4.69) is 16.7 Å². The third-order valence-electron chi connectivity index (χ3n) is 4.07. The molecule has 0 radical (unpaired) electrons. The minimum Gasteiger partial charge on any atom is -0.462 e. The topological polar surface area (TPSA) is 56.1 Å². The van der Waals surface area contributed by atoms with Gasteiger partial charge in [-0.1, -0.05) is 6.42 Å². The molecule has 2 atom stereocenters. The molecule has 0 aromatic carbocycles. The number of aromatic nitrogens is 2. The molecule has 0 amide bonds. The molecule has 1 saturated carbocycles. The van der Waals surface area contributed by atoms with Crippen LogP contribution in [0.4, 0.5) is 0 Å². The molecule has 1 fully saturated rings. The van der Waals surface area contributed by atoms with Crippen LogP contribution in [0.3, 0.4) is 0 Å². The van der Waals surface area contributed by atoms with E-state index in [1.807, 2.05) is 25.7 Å². The van der Waals surface area contributed by atoms with Crippen LogP contribution < -0.4 is 5.32 Å². The smallest absolute Gasteiger partial charge is 0.341 e. The summed E-state index contributed by atoms with van der Waals surface area (Å²) in [6, 6.07) is 0.529. The zero-order chi connectivity index (χ0) is 15.2. The zero-order valence-electron chi connectivity index (χ0n) is 13.1. The van der Waals surface area contributed by atoms with Crippen molar-refractivity contribution in [3.8, 4) is 0 Å². The van der Waals surface area contributed by atoms with Gasteiger partial charge in [0.25, 0.3) is 0 Å². The number of hydrogen-bond donors (Lipinski definition) is 1. The summed E-state index contributed by atoms with van der Waals surface area (Å²) in [5.41, 5.74) is 1.48. The van der Waals surface area contributed by atoms with Gasteiger partial charge < -0.3 is 10.1 Å². The summed E-state index contributed by atoms with van der Waals surface area (Å²) < 4.78 is 6.84. The normalized spacial score (nSPS) is 22.2. The van der Waals surface area contributed by atoms with Crippen molar-refractivity contribution in [3.63, 3.8) is 0 Å². The van der Waals surface area contributed by atoms with Gasteiger partial charge in [-0.3, -0.25) is 4.68 Å². The van der Waals surface area contributed by atoms with E-state index in [-0.39, 0.29) is 5.97 Å². The van der Waals surface area contributed by atoms with Crippen molar-refractivity contribution in [1.29, 1.82) is 0 Å². The van der Waals surface area contributed by atoms with E-state index in [0.717, 1.165) is 10.9 Å². The van der Waals surface area contributed by atoms with Gasteiger partial charge in [-0.05, 0) is 32.4 Å². The predicted octanol–water partition coefficient (Wildman–Crippen LogP) is 2.36. The van der Waals surface area contributed by atoms with Crippen LogP contribution in [0.25, 0.3) is 0 Å². The Hall–Kier alpha value is -1.01. The summed E-state index contributed by atoms with van der Waals surface area (Å²) in [6.45, 7) is 2.87.